The molecule has 3 aromatic rings. The van der Waals surface area contributed by atoms with E-state index in [4.69, 9.17) is 11.0 Å². The van der Waals surface area contributed by atoms with Gasteiger partial charge in [-0.1, -0.05) is 12.8 Å². The summed E-state index contributed by atoms with van der Waals surface area (Å²) in [7, 11) is 1.79. The van der Waals surface area contributed by atoms with Crippen molar-refractivity contribution in [3.63, 3.8) is 0 Å². The van der Waals surface area contributed by atoms with Gasteiger partial charge in [0, 0.05) is 37.8 Å². The minimum Gasteiger partial charge on any atom is -0.329 e. The van der Waals surface area contributed by atoms with Crippen LogP contribution in [-0.4, -0.2) is 35.0 Å². The third-order valence-corrected chi connectivity index (χ3v) is 6.29. The summed E-state index contributed by atoms with van der Waals surface area (Å²) in [6.45, 7) is 0.863. The molecule has 1 aliphatic carbocycles. The molecule has 0 atom stereocenters. The second kappa shape index (κ2) is 9.84. The number of carbonyl (C=O) groups excluding carboxylic acids is 2. The number of amides is 2. The summed E-state index contributed by atoms with van der Waals surface area (Å²) in [4.78, 5) is 31.8. The van der Waals surface area contributed by atoms with Gasteiger partial charge in [-0.15, -0.1) is 0 Å². The molecule has 0 bridgehead atoms. The van der Waals surface area contributed by atoms with Gasteiger partial charge in [0.2, 0.25) is 11.9 Å². The van der Waals surface area contributed by atoms with Crippen LogP contribution in [0.2, 0.25) is 0 Å². The quantitative estimate of drug-likeness (QED) is 0.577. The monoisotopic (exact) mass is 444 g/mol. The highest BCUT2D eigenvalue weighted by molar-refractivity contribution is 6.04. The number of hydrogen-bond acceptors (Lipinski definition) is 5. The van der Waals surface area contributed by atoms with Crippen LogP contribution in [0.3, 0.4) is 0 Å². The number of hydrogen-bond donors (Lipinski definition) is 2. The van der Waals surface area contributed by atoms with Crippen molar-refractivity contribution in [1.82, 2.24) is 9.55 Å². The molecule has 0 unspecified atom stereocenters. The molecule has 1 heterocycles. The fourth-order valence-electron chi connectivity index (χ4n) is 4.39. The lowest BCUT2D eigenvalue weighted by atomic mass is 10.0. The van der Waals surface area contributed by atoms with Gasteiger partial charge in [0.1, 0.15) is 0 Å². The van der Waals surface area contributed by atoms with Crippen LogP contribution in [0.15, 0.2) is 42.5 Å². The second-order valence-electron chi connectivity index (χ2n) is 8.50. The molecule has 8 heteroatoms. The smallest absolute Gasteiger partial charge is 0.257 e. The van der Waals surface area contributed by atoms with Gasteiger partial charge < -0.3 is 15.2 Å². The Labute approximate surface area is 193 Å². The lowest BCUT2D eigenvalue weighted by molar-refractivity contribution is -0.119. The number of rotatable bonds is 7. The summed E-state index contributed by atoms with van der Waals surface area (Å²) in [6.07, 6.45) is 5.25. The zero-order valence-corrected chi connectivity index (χ0v) is 18.8. The number of nitrogens with two attached hydrogens (primary N) is 1. The van der Waals surface area contributed by atoms with Gasteiger partial charge in [-0.3, -0.25) is 14.9 Å². The van der Waals surface area contributed by atoms with Crippen molar-refractivity contribution in [1.29, 1.82) is 5.26 Å². The van der Waals surface area contributed by atoms with Crippen LogP contribution < -0.4 is 16.0 Å². The number of anilines is 2. The number of nitrogens with zero attached hydrogens (tertiary/aromatic N) is 4. The third kappa shape index (κ3) is 4.89. The van der Waals surface area contributed by atoms with Gasteiger partial charge in [0.15, 0.2) is 0 Å². The summed E-state index contributed by atoms with van der Waals surface area (Å²) < 4.78 is 1.86. The van der Waals surface area contributed by atoms with E-state index in [0.29, 0.717) is 48.0 Å². The Balaban J connectivity index is 1.57. The topological polar surface area (TPSA) is 117 Å². The molecule has 2 aromatic carbocycles. The van der Waals surface area contributed by atoms with E-state index < -0.39 is 0 Å². The van der Waals surface area contributed by atoms with Crippen molar-refractivity contribution >= 4 is 34.5 Å². The number of nitriles is 1. The van der Waals surface area contributed by atoms with Crippen LogP contribution in [0.1, 0.15) is 48.0 Å². The zero-order chi connectivity index (χ0) is 23.4. The molecule has 1 fully saturated rings. The van der Waals surface area contributed by atoms with Crippen molar-refractivity contribution in [2.75, 3.05) is 23.8 Å². The van der Waals surface area contributed by atoms with Crippen LogP contribution in [0, 0.1) is 17.2 Å². The summed E-state index contributed by atoms with van der Waals surface area (Å²) in [6, 6.07) is 14.1. The molecule has 1 saturated carbocycles. The van der Waals surface area contributed by atoms with Gasteiger partial charge in [0.25, 0.3) is 5.91 Å². The highest BCUT2D eigenvalue weighted by atomic mass is 16.2. The lowest BCUT2D eigenvalue weighted by Gasteiger charge is -2.19. The predicted octanol–water partition coefficient (Wildman–Crippen LogP) is 3.66. The minimum atomic E-state index is -0.322. The first-order valence-corrected chi connectivity index (χ1v) is 11.3. The van der Waals surface area contributed by atoms with E-state index >= 15 is 0 Å². The molecule has 170 valence electrons. The average Bonchev–Trinajstić information content (AvgIpc) is 3.46. The highest BCUT2D eigenvalue weighted by Crippen LogP contribution is 2.30. The Morgan fingerprint density at radius 3 is 2.61 bits per heavy atom. The molecule has 0 radical (unpaired) electrons. The first-order valence-electron chi connectivity index (χ1n) is 11.3. The molecule has 33 heavy (non-hydrogen) atoms. The van der Waals surface area contributed by atoms with E-state index in [9.17, 15) is 9.59 Å². The van der Waals surface area contributed by atoms with Crippen LogP contribution >= 0.6 is 0 Å². The van der Waals surface area contributed by atoms with Gasteiger partial charge in [-0.25, -0.2) is 4.98 Å². The molecule has 0 saturated heterocycles. The van der Waals surface area contributed by atoms with E-state index in [-0.39, 0.29) is 11.8 Å². The van der Waals surface area contributed by atoms with Crippen LogP contribution in [0.4, 0.5) is 11.6 Å². The number of imidazole rings is 1. The van der Waals surface area contributed by atoms with Crippen molar-refractivity contribution < 1.29 is 9.59 Å². The number of benzene rings is 2. The summed E-state index contributed by atoms with van der Waals surface area (Å²) in [5.74, 6) is 0.660. The molecule has 0 aliphatic heterocycles. The normalized spacial score (nSPS) is 13.7. The van der Waals surface area contributed by atoms with E-state index in [1.54, 1.807) is 36.2 Å². The van der Waals surface area contributed by atoms with E-state index in [1.807, 2.05) is 28.8 Å². The Morgan fingerprint density at radius 2 is 1.94 bits per heavy atom. The molecule has 3 N–H and O–H groups in total. The molecule has 0 spiro atoms. The second-order valence-corrected chi connectivity index (χ2v) is 8.50. The maximum Gasteiger partial charge on any atom is 0.257 e. The lowest BCUT2D eigenvalue weighted by Crippen LogP contribution is -2.27. The van der Waals surface area contributed by atoms with Crippen LogP contribution in [0.5, 0.6) is 0 Å². The van der Waals surface area contributed by atoms with Crippen LogP contribution in [-0.2, 0) is 11.3 Å². The fraction of sp³-hybridized carbons (Fsp3) is 0.360. The van der Waals surface area contributed by atoms with Crippen molar-refractivity contribution in [2.24, 2.45) is 11.7 Å². The molecular weight excluding hydrogens is 416 g/mol. The predicted molar refractivity (Wildman–Crippen MR) is 128 cm³/mol. The minimum absolute atomic E-state index is 0.108. The Hall–Kier alpha value is -3.70. The van der Waals surface area contributed by atoms with E-state index in [1.165, 1.54) is 12.8 Å². The molecule has 1 aromatic heterocycles. The molecule has 4 rings (SSSR count). The molecule has 1 aliphatic rings. The number of carbonyl (C=O) groups is 2. The average molecular weight is 445 g/mol. The zero-order valence-electron chi connectivity index (χ0n) is 18.8. The van der Waals surface area contributed by atoms with Crippen molar-refractivity contribution in [3.05, 3.63) is 53.6 Å². The summed E-state index contributed by atoms with van der Waals surface area (Å²) in [5.41, 5.74) is 9.00. The van der Waals surface area contributed by atoms with Gasteiger partial charge in [-0.2, -0.15) is 5.26 Å². The molecule has 2 amide bonds. The first-order chi connectivity index (χ1) is 16.0. The summed E-state index contributed by atoms with van der Waals surface area (Å²) >= 11 is 0. The number of aromatic nitrogens is 2. The number of nitrogens with one attached hydrogen (secondary N) is 1. The van der Waals surface area contributed by atoms with Gasteiger partial charge in [-0.05, 0) is 61.2 Å². The van der Waals surface area contributed by atoms with Crippen molar-refractivity contribution in [2.45, 2.75) is 38.6 Å². The SMILES string of the molecule is CN(C(=O)CC1CCCC1)c1ccc2c(c1)nc(NC(=O)c1ccc(C#N)cc1)n2CCN. The standard InChI is InChI=1S/C25H28N6O2/c1-30(23(32)14-17-4-2-3-5-17)20-10-11-22-21(15-20)28-25(31(22)13-12-26)29-24(33)19-8-6-18(16-27)7-9-19/h6-11,15,17H,2-5,12-14,26H2,1H3,(H,28,29,33). The largest absolute Gasteiger partial charge is 0.329 e. The van der Waals surface area contributed by atoms with Crippen LogP contribution in [0.25, 0.3) is 11.0 Å². The maximum atomic E-state index is 12.8. The maximum absolute atomic E-state index is 12.8. The first kappa shape index (κ1) is 22.5. The molecule has 8 nitrogen and oxygen atoms in total. The van der Waals surface area contributed by atoms with Gasteiger partial charge in [0.05, 0.1) is 22.7 Å². The Morgan fingerprint density at radius 1 is 1.21 bits per heavy atom. The molecular formula is C25H28N6O2. The number of fused-ring (bicyclic) bond motifs is 1. The van der Waals surface area contributed by atoms with E-state index in [0.717, 1.165) is 24.0 Å². The summed E-state index contributed by atoms with van der Waals surface area (Å²) in [5, 5.41) is 11.8. The highest BCUT2D eigenvalue weighted by Gasteiger charge is 2.22. The Kier molecular flexibility index (Phi) is 6.71. The fourth-order valence-corrected chi connectivity index (χ4v) is 4.39. The third-order valence-electron chi connectivity index (χ3n) is 6.29. The Bertz CT molecular complexity index is 1200. The van der Waals surface area contributed by atoms with Gasteiger partial charge >= 0.3 is 0 Å². The van der Waals surface area contributed by atoms with E-state index in [2.05, 4.69) is 10.3 Å². The van der Waals surface area contributed by atoms with Crippen molar-refractivity contribution in [3.8, 4) is 6.07 Å².